The summed E-state index contributed by atoms with van der Waals surface area (Å²) in [4.78, 5) is 2.56. The molecule has 1 aliphatic rings. The van der Waals surface area contributed by atoms with Gasteiger partial charge in [0.05, 0.1) is 10.9 Å². The molecule has 0 spiro atoms. The fraction of sp³-hybridized carbons (Fsp3) is 0.429. The van der Waals surface area contributed by atoms with E-state index < -0.39 is 10.0 Å². The zero-order valence-electron chi connectivity index (χ0n) is 16.0. The Morgan fingerprint density at radius 3 is 2.12 bits per heavy atom. The van der Waals surface area contributed by atoms with Gasteiger partial charge in [0.1, 0.15) is 0 Å². The highest BCUT2D eigenvalue weighted by Gasteiger charge is 2.36. The van der Waals surface area contributed by atoms with E-state index in [4.69, 9.17) is 0 Å². The third-order valence-corrected chi connectivity index (χ3v) is 6.97. The van der Waals surface area contributed by atoms with Gasteiger partial charge in [0.15, 0.2) is 0 Å². The maximum atomic E-state index is 13.3. The average molecular weight is 373 g/mol. The van der Waals surface area contributed by atoms with E-state index in [9.17, 15) is 8.42 Å². The first kappa shape index (κ1) is 19.1. The molecular formula is C21H28N2O2S. The van der Waals surface area contributed by atoms with Crippen LogP contribution in [0.3, 0.4) is 0 Å². The van der Waals surface area contributed by atoms with Gasteiger partial charge in [0.25, 0.3) is 0 Å². The van der Waals surface area contributed by atoms with Crippen LogP contribution in [0.2, 0.25) is 0 Å². The van der Waals surface area contributed by atoms with E-state index in [0.29, 0.717) is 18.0 Å². The number of sulfonamides is 1. The summed E-state index contributed by atoms with van der Waals surface area (Å²) in [6, 6.07) is 17.1. The summed E-state index contributed by atoms with van der Waals surface area (Å²) in [5.41, 5.74) is 2.17. The molecule has 1 atom stereocenters. The van der Waals surface area contributed by atoms with Crippen LogP contribution in [-0.4, -0.2) is 44.3 Å². The van der Waals surface area contributed by atoms with Crippen molar-refractivity contribution >= 4 is 10.0 Å². The van der Waals surface area contributed by atoms with Gasteiger partial charge >= 0.3 is 0 Å². The lowest BCUT2D eigenvalue weighted by Gasteiger charge is -2.39. The number of piperazine rings is 1. The van der Waals surface area contributed by atoms with Gasteiger partial charge in [0, 0.05) is 19.6 Å². The van der Waals surface area contributed by atoms with Crippen LogP contribution < -0.4 is 0 Å². The number of nitrogens with zero attached hydrogens (tertiary/aromatic N) is 2. The largest absolute Gasteiger partial charge is 0.303 e. The molecule has 4 nitrogen and oxygen atoms in total. The summed E-state index contributed by atoms with van der Waals surface area (Å²) < 4.78 is 28.4. The molecule has 0 N–H and O–H groups in total. The molecular weight excluding hydrogens is 344 g/mol. The van der Waals surface area contributed by atoms with E-state index in [1.807, 2.05) is 49.5 Å². The minimum atomic E-state index is -3.54. The van der Waals surface area contributed by atoms with Crippen molar-refractivity contribution in [2.75, 3.05) is 26.7 Å². The van der Waals surface area contributed by atoms with E-state index in [1.54, 1.807) is 16.4 Å². The van der Waals surface area contributed by atoms with Crippen LogP contribution in [-0.2, 0) is 15.4 Å². The highest BCUT2D eigenvalue weighted by molar-refractivity contribution is 7.89. The van der Waals surface area contributed by atoms with E-state index >= 15 is 0 Å². The first-order valence-corrected chi connectivity index (χ1v) is 10.5. The quantitative estimate of drug-likeness (QED) is 0.825. The minimum Gasteiger partial charge on any atom is -0.303 e. The number of benzene rings is 2. The Bertz CT molecular complexity index is 840. The van der Waals surface area contributed by atoms with Crippen molar-refractivity contribution in [3.05, 3.63) is 65.7 Å². The summed E-state index contributed by atoms with van der Waals surface area (Å²) in [5, 5.41) is 0. The fourth-order valence-corrected chi connectivity index (χ4v) is 5.00. The van der Waals surface area contributed by atoms with Gasteiger partial charge in [0.2, 0.25) is 10.0 Å². The monoisotopic (exact) mass is 372 g/mol. The lowest BCUT2D eigenvalue weighted by atomic mass is 9.87. The molecule has 3 rings (SSSR count). The first-order chi connectivity index (χ1) is 12.2. The number of hydrogen-bond acceptors (Lipinski definition) is 3. The third-order valence-electron chi connectivity index (χ3n) is 5.05. The second-order valence-corrected chi connectivity index (χ2v) is 9.97. The zero-order chi connectivity index (χ0) is 18.9. The lowest BCUT2D eigenvalue weighted by Crippen LogP contribution is -2.49. The topological polar surface area (TPSA) is 40.6 Å². The minimum absolute atomic E-state index is 0.00268. The molecule has 5 heteroatoms. The van der Waals surface area contributed by atoms with Crippen LogP contribution in [0.25, 0.3) is 0 Å². The third kappa shape index (κ3) is 3.85. The Balaban J connectivity index is 1.96. The van der Waals surface area contributed by atoms with Crippen LogP contribution in [0, 0.1) is 0 Å². The molecule has 2 aromatic carbocycles. The molecule has 1 fully saturated rings. The second-order valence-electron chi connectivity index (χ2n) is 8.08. The molecule has 0 unspecified atom stereocenters. The van der Waals surface area contributed by atoms with Gasteiger partial charge in [-0.25, -0.2) is 8.42 Å². The van der Waals surface area contributed by atoms with Crippen LogP contribution in [0.15, 0.2) is 59.5 Å². The first-order valence-electron chi connectivity index (χ1n) is 9.05. The van der Waals surface area contributed by atoms with Crippen molar-refractivity contribution in [2.45, 2.75) is 37.1 Å². The van der Waals surface area contributed by atoms with E-state index in [1.165, 1.54) is 0 Å². The van der Waals surface area contributed by atoms with E-state index in [2.05, 4.69) is 25.7 Å². The molecule has 0 amide bonds. The maximum absolute atomic E-state index is 13.3. The normalized spacial score (nSPS) is 20.2. The average Bonchev–Trinajstić information content (AvgIpc) is 2.61. The van der Waals surface area contributed by atoms with Crippen LogP contribution in [0.4, 0.5) is 0 Å². The van der Waals surface area contributed by atoms with Crippen LogP contribution in [0.1, 0.15) is 37.9 Å². The van der Waals surface area contributed by atoms with Crippen molar-refractivity contribution < 1.29 is 8.42 Å². The van der Waals surface area contributed by atoms with Crippen molar-refractivity contribution in [3.8, 4) is 0 Å². The molecule has 26 heavy (non-hydrogen) atoms. The molecule has 2 aromatic rings. The van der Waals surface area contributed by atoms with Gasteiger partial charge in [-0.15, -0.1) is 0 Å². The Morgan fingerprint density at radius 2 is 1.54 bits per heavy atom. The Hall–Kier alpha value is -1.69. The Labute approximate surface area is 157 Å². The Kier molecular flexibility index (Phi) is 5.24. The predicted octanol–water partition coefficient (Wildman–Crippen LogP) is 3.66. The Morgan fingerprint density at radius 1 is 0.923 bits per heavy atom. The van der Waals surface area contributed by atoms with Crippen LogP contribution >= 0.6 is 0 Å². The maximum Gasteiger partial charge on any atom is 0.243 e. The SMILES string of the molecule is CN1CCN(S(=O)(=O)c2ccc(C(C)(C)C)cc2)[C@@H](c2ccccc2)C1. The second kappa shape index (κ2) is 7.14. The molecule has 140 valence electrons. The molecule has 1 heterocycles. The van der Waals surface area contributed by atoms with Crippen LogP contribution in [0.5, 0.6) is 0 Å². The lowest BCUT2D eigenvalue weighted by molar-refractivity contribution is 0.160. The standard InChI is InChI=1S/C21H28N2O2S/c1-21(2,3)18-10-12-19(13-11-18)26(24,25)23-15-14-22(4)16-20(23)17-8-6-5-7-9-17/h5-13,20H,14-16H2,1-4H3/t20-/m1/s1. The summed E-state index contributed by atoms with van der Waals surface area (Å²) >= 11 is 0. The molecule has 1 aliphatic heterocycles. The van der Waals surface area contributed by atoms with Crippen molar-refractivity contribution in [2.24, 2.45) is 0 Å². The van der Waals surface area contributed by atoms with Crippen molar-refractivity contribution in [1.29, 1.82) is 0 Å². The molecule has 0 radical (unpaired) electrons. The summed E-state index contributed by atoms with van der Waals surface area (Å²) in [7, 11) is -1.50. The van der Waals surface area contributed by atoms with Gasteiger partial charge in [-0.3, -0.25) is 0 Å². The number of hydrogen-bond donors (Lipinski definition) is 0. The van der Waals surface area contributed by atoms with Crippen molar-refractivity contribution in [1.82, 2.24) is 9.21 Å². The van der Waals surface area contributed by atoms with Gasteiger partial charge in [-0.05, 0) is 35.7 Å². The van der Waals surface area contributed by atoms with Gasteiger partial charge in [-0.1, -0.05) is 63.2 Å². The van der Waals surface area contributed by atoms with Gasteiger partial charge in [-0.2, -0.15) is 4.31 Å². The molecule has 1 saturated heterocycles. The van der Waals surface area contributed by atoms with E-state index in [0.717, 1.165) is 17.7 Å². The molecule has 0 aliphatic carbocycles. The van der Waals surface area contributed by atoms with E-state index in [-0.39, 0.29) is 11.5 Å². The van der Waals surface area contributed by atoms with Gasteiger partial charge < -0.3 is 4.90 Å². The molecule has 0 aromatic heterocycles. The highest BCUT2D eigenvalue weighted by atomic mass is 32.2. The number of likely N-dealkylation sites (N-methyl/N-ethyl adjacent to an activating group) is 1. The summed E-state index contributed by atoms with van der Waals surface area (Å²) in [6.45, 7) is 8.32. The zero-order valence-corrected chi connectivity index (χ0v) is 16.8. The van der Waals surface area contributed by atoms with Crippen molar-refractivity contribution in [3.63, 3.8) is 0 Å². The molecule has 0 bridgehead atoms. The molecule has 0 saturated carbocycles. The smallest absolute Gasteiger partial charge is 0.243 e. The number of rotatable bonds is 3. The fourth-order valence-electron chi connectivity index (χ4n) is 3.40. The predicted molar refractivity (Wildman–Crippen MR) is 106 cm³/mol. The summed E-state index contributed by atoms with van der Waals surface area (Å²) in [5.74, 6) is 0. The highest BCUT2D eigenvalue weighted by Crippen LogP contribution is 2.31. The summed E-state index contributed by atoms with van der Waals surface area (Å²) in [6.07, 6.45) is 0.